The van der Waals surface area contributed by atoms with E-state index in [0.717, 1.165) is 19.5 Å². The molecule has 94 valence electrons. The molecule has 1 aromatic heterocycles. The van der Waals surface area contributed by atoms with Gasteiger partial charge < -0.3 is 5.32 Å². The summed E-state index contributed by atoms with van der Waals surface area (Å²) in [6.45, 7) is 4.16. The maximum atomic E-state index is 4.76. The summed E-state index contributed by atoms with van der Waals surface area (Å²) in [6, 6.07) is 8.71. The molecular weight excluding hydrogens is 240 g/mol. The van der Waals surface area contributed by atoms with Crippen LogP contribution in [0.5, 0.6) is 0 Å². The van der Waals surface area contributed by atoms with Gasteiger partial charge in [-0.2, -0.15) is 0 Å². The number of rotatable bonds is 5. The third-order valence-corrected chi connectivity index (χ3v) is 4.46. The minimum atomic E-state index is 0.547. The van der Waals surface area contributed by atoms with Gasteiger partial charge in [-0.05, 0) is 30.5 Å². The van der Waals surface area contributed by atoms with Crippen molar-refractivity contribution < 1.29 is 0 Å². The summed E-state index contributed by atoms with van der Waals surface area (Å²) in [5.74, 6) is 0.547. The largest absolute Gasteiger partial charge is 0.311 e. The Kier molecular flexibility index (Phi) is 3.43. The van der Waals surface area contributed by atoms with Gasteiger partial charge in [-0.3, -0.25) is 0 Å². The van der Waals surface area contributed by atoms with E-state index in [-0.39, 0.29) is 0 Å². The molecule has 1 N–H and O–H groups in total. The van der Waals surface area contributed by atoms with Gasteiger partial charge in [-0.15, -0.1) is 11.3 Å². The minimum absolute atomic E-state index is 0.547. The van der Waals surface area contributed by atoms with Crippen molar-refractivity contribution in [2.24, 2.45) is 0 Å². The van der Waals surface area contributed by atoms with Crippen LogP contribution >= 0.6 is 11.3 Å². The summed E-state index contributed by atoms with van der Waals surface area (Å²) in [5.41, 5.74) is 4.15. The Morgan fingerprint density at radius 2 is 2.28 bits per heavy atom. The molecule has 1 aliphatic carbocycles. The standard InChI is InChI=1S/C15H18N2S/c1-2-7-16-9-12-10-18-15(17-12)14-8-11-5-3-4-6-13(11)14/h3-6,10,14,16H,2,7-9H2,1H3. The lowest BCUT2D eigenvalue weighted by atomic mass is 9.78. The van der Waals surface area contributed by atoms with Gasteiger partial charge in [0.15, 0.2) is 0 Å². The maximum Gasteiger partial charge on any atom is 0.101 e. The summed E-state index contributed by atoms with van der Waals surface area (Å²) >= 11 is 1.80. The van der Waals surface area contributed by atoms with Crippen LogP contribution < -0.4 is 5.32 Å². The van der Waals surface area contributed by atoms with Gasteiger partial charge in [0.2, 0.25) is 0 Å². The monoisotopic (exact) mass is 258 g/mol. The van der Waals surface area contributed by atoms with Crippen molar-refractivity contribution >= 4 is 11.3 Å². The Labute approximate surface area is 112 Å². The molecular formula is C15H18N2S. The van der Waals surface area contributed by atoms with E-state index in [2.05, 4.69) is 41.9 Å². The van der Waals surface area contributed by atoms with Crippen LogP contribution in [-0.2, 0) is 13.0 Å². The lowest BCUT2D eigenvalue weighted by Gasteiger charge is -2.28. The van der Waals surface area contributed by atoms with E-state index in [0.29, 0.717) is 5.92 Å². The summed E-state index contributed by atoms with van der Waals surface area (Å²) in [4.78, 5) is 4.76. The molecule has 0 saturated carbocycles. The first kappa shape index (κ1) is 11.9. The number of fused-ring (bicyclic) bond motifs is 1. The van der Waals surface area contributed by atoms with Crippen LogP contribution in [0.2, 0.25) is 0 Å². The average molecular weight is 258 g/mol. The van der Waals surface area contributed by atoms with E-state index in [4.69, 9.17) is 4.98 Å². The molecule has 1 aromatic carbocycles. The van der Waals surface area contributed by atoms with Crippen LogP contribution in [0.3, 0.4) is 0 Å². The Morgan fingerprint density at radius 1 is 1.39 bits per heavy atom. The van der Waals surface area contributed by atoms with Crippen molar-refractivity contribution in [3.05, 3.63) is 51.5 Å². The van der Waals surface area contributed by atoms with Gasteiger partial charge in [0.1, 0.15) is 5.01 Å². The number of hydrogen-bond donors (Lipinski definition) is 1. The summed E-state index contributed by atoms with van der Waals surface area (Å²) in [5, 5.41) is 6.88. The van der Waals surface area contributed by atoms with E-state index in [1.807, 2.05) is 0 Å². The van der Waals surface area contributed by atoms with Gasteiger partial charge in [0.25, 0.3) is 0 Å². The Bertz CT molecular complexity index is 533. The quantitative estimate of drug-likeness (QED) is 0.832. The molecule has 0 fully saturated rings. The first-order valence-electron chi connectivity index (χ1n) is 6.61. The molecule has 2 nitrogen and oxygen atoms in total. The second-order valence-electron chi connectivity index (χ2n) is 4.81. The highest BCUT2D eigenvalue weighted by Crippen LogP contribution is 2.40. The highest BCUT2D eigenvalue weighted by Gasteiger charge is 2.29. The van der Waals surface area contributed by atoms with Gasteiger partial charge in [0, 0.05) is 17.8 Å². The number of thiazole rings is 1. The van der Waals surface area contributed by atoms with E-state index in [9.17, 15) is 0 Å². The zero-order valence-corrected chi connectivity index (χ0v) is 11.5. The van der Waals surface area contributed by atoms with Crippen LogP contribution in [0.1, 0.15) is 41.1 Å². The van der Waals surface area contributed by atoms with Crippen molar-refractivity contribution in [3.63, 3.8) is 0 Å². The van der Waals surface area contributed by atoms with E-state index < -0.39 is 0 Å². The Hall–Kier alpha value is -1.19. The van der Waals surface area contributed by atoms with Crippen LogP contribution in [0.25, 0.3) is 0 Å². The fourth-order valence-electron chi connectivity index (χ4n) is 2.44. The first-order valence-corrected chi connectivity index (χ1v) is 7.49. The third-order valence-electron chi connectivity index (χ3n) is 3.46. The zero-order chi connectivity index (χ0) is 12.4. The molecule has 1 atom stereocenters. The van der Waals surface area contributed by atoms with Crippen LogP contribution in [0.15, 0.2) is 29.6 Å². The normalized spacial score (nSPS) is 17.3. The van der Waals surface area contributed by atoms with E-state index in [1.54, 1.807) is 11.3 Å². The second kappa shape index (κ2) is 5.21. The van der Waals surface area contributed by atoms with Gasteiger partial charge in [-0.1, -0.05) is 31.2 Å². The lowest BCUT2D eigenvalue weighted by molar-refractivity contribution is 0.656. The number of nitrogens with zero attached hydrogens (tertiary/aromatic N) is 1. The van der Waals surface area contributed by atoms with Gasteiger partial charge in [0.05, 0.1) is 5.69 Å². The smallest absolute Gasteiger partial charge is 0.101 e. The maximum absolute atomic E-state index is 4.76. The first-order chi connectivity index (χ1) is 8.88. The van der Waals surface area contributed by atoms with E-state index >= 15 is 0 Å². The molecule has 0 aliphatic heterocycles. The van der Waals surface area contributed by atoms with Crippen LogP contribution in [-0.4, -0.2) is 11.5 Å². The minimum Gasteiger partial charge on any atom is -0.311 e. The average Bonchev–Trinajstić information content (AvgIpc) is 2.80. The zero-order valence-electron chi connectivity index (χ0n) is 10.6. The molecule has 0 saturated heterocycles. The van der Waals surface area contributed by atoms with Crippen molar-refractivity contribution in [2.75, 3.05) is 6.54 Å². The second-order valence-corrected chi connectivity index (χ2v) is 5.70. The van der Waals surface area contributed by atoms with Crippen molar-refractivity contribution in [1.82, 2.24) is 10.3 Å². The molecule has 18 heavy (non-hydrogen) atoms. The molecule has 3 heteroatoms. The number of hydrogen-bond acceptors (Lipinski definition) is 3. The molecule has 0 amide bonds. The fraction of sp³-hybridized carbons (Fsp3) is 0.400. The molecule has 0 bridgehead atoms. The summed E-state index contributed by atoms with van der Waals surface area (Å²) in [7, 11) is 0. The Morgan fingerprint density at radius 3 is 3.11 bits per heavy atom. The SMILES string of the molecule is CCCNCc1csc(C2Cc3ccccc32)n1. The van der Waals surface area contributed by atoms with Crippen molar-refractivity contribution in [2.45, 2.75) is 32.2 Å². The summed E-state index contributed by atoms with van der Waals surface area (Å²) < 4.78 is 0. The molecule has 0 radical (unpaired) electrons. The van der Waals surface area contributed by atoms with Crippen molar-refractivity contribution in [3.8, 4) is 0 Å². The molecule has 1 heterocycles. The van der Waals surface area contributed by atoms with Crippen LogP contribution in [0, 0.1) is 0 Å². The molecule has 0 spiro atoms. The molecule has 3 rings (SSSR count). The third kappa shape index (κ3) is 2.20. The summed E-state index contributed by atoms with van der Waals surface area (Å²) in [6.07, 6.45) is 2.33. The molecule has 1 unspecified atom stereocenters. The molecule has 1 aliphatic rings. The highest BCUT2D eigenvalue weighted by molar-refractivity contribution is 7.09. The predicted molar refractivity (Wildman–Crippen MR) is 76.1 cm³/mol. The highest BCUT2D eigenvalue weighted by atomic mass is 32.1. The fourth-order valence-corrected chi connectivity index (χ4v) is 3.37. The lowest BCUT2D eigenvalue weighted by Crippen LogP contribution is -2.18. The topological polar surface area (TPSA) is 24.9 Å². The number of benzene rings is 1. The van der Waals surface area contributed by atoms with E-state index in [1.165, 1.54) is 28.2 Å². The van der Waals surface area contributed by atoms with Crippen LogP contribution in [0.4, 0.5) is 0 Å². The van der Waals surface area contributed by atoms with Gasteiger partial charge in [-0.25, -0.2) is 4.98 Å². The van der Waals surface area contributed by atoms with Crippen molar-refractivity contribution in [1.29, 1.82) is 0 Å². The Balaban J connectivity index is 1.68. The predicted octanol–water partition coefficient (Wildman–Crippen LogP) is 3.33. The molecule has 2 aromatic rings. The van der Waals surface area contributed by atoms with Gasteiger partial charge >= 0.3 is 0 Å². The number of nitrogens with one attached hydrogen (secondary N) is 1. The number of aromatic nitrogens is 1.